The minimum atomic E-state index is -3.15. The van der Waals surface area contributed by atoms with Crippen LogP contribution in [-0.4, -0.2) is 54.4 Å². The molecule has 0 aromatic carbocycles. The fourth-order valence-electron chi connectivity index (χ4n) is 1.51. The Morgan fingerprint density at radius 3 is 2.64 bits per heavy atom. The van der Waals surface area contributed by atoms with Crippen LogP contribution >= 0.6 is 0 Å². The zero-order valence-electron chi connectivity index (χ0n) is 7.80. The summed E-state index contributed by atoms with van der Waals surface area (Å²) >= 11 is 0. The molecule has 6 heteroatoms. The van der Waals surface area contributed by atoms with E-state index in [0.717, 1.165) is 0 Å². The minimum absolute atomic E-state index is 0.0727. The summed E-state index contributed by atoms with van der Waals surface area (Å²) in [5.41, 5.74) is 5.40. The van der Waals surface area contributed by atoms with Gasteiger partial charge in [0.25, 0.3) is 5.92 Å². The highest BCUT2D eigenvalue weighted by molar-refractivity contribution is 4.85. The number of hydrogen-bond acceptors (Lipinski definition) is 3. The Labute approximate surface area is 80.7 Å². The summed E-state index contributed by atoms with van der Waals surface area (Å²) in [5, 5.41) is 8.35. The number of nitrogens with two attached hydrogens (primary N) is 1. The van der Waals surface area contributed by atoms with Crippen LogP contribution in [0.1, 0.15) is 6.42 Å². The molecule has 84 valence electrons. The van der Waals surface area contributed by atoms with E-state index in [4.69, 9.17) is 10.8 Å². The van der Waals surface area contributed by atoms with Gasteiger partial charge < -0.3 is 10.8 Å². The first-order chi connectivity index (χ1) is 6.44. The monoisotopic (exact) mass is 212 g/mol. The normalized spacial score (nSPS) is 30.6. The Morgan fingerprint density at radius 1 is 1.50 bits per heavy atom. The number of hydrogen-bond donors (Lipinski definition) is 2. The van der Waals surface area contributed by atoms with Crippen LogP contribution in [0.25, 0.3) is 0 Å². The summed E-state index contributed by atoms with van der Waals surface area (Å²) in [5.74, 6) is -3.15. The fourth-order valence-corrected chi connectivity index (χ4v) is 1.51. The molecule has 1 aliphatic rings. The smallest absolute Gasteiger partial charge is 0.283 e. The molecule has 0 amide bonds. The second-order valence-corrected chi connectivity index (χ2v) is 3.72. The zero-order valence-corrected chi connectivity index (χ0v) is 7.80. The van der Waals surface area contributed by atoms with Crippen molar-refractivity contribution < 1.29 is 18.3 Å². The van der Waals surface area contributed by atoms with Crippen molar-refractivity contribution in [2.75, 3.05) is 26.2 Å². The second-order valence-electron chi connectivity index (χ2n) is 3.72. The SMILES string of the molecule is NC1CCN(CC(F)(F)CO)CC1F. The van der Waals surface area contributed by atoms with E-state index in [-0.39, 0.29) is 6.54 Å². The molecule has 0 aromatic heterocycles. The third-order valence-electron chi connectivity index (χ3n) is 2.36. The highest BCUT2D eigenvalue weighted by Crippen LogP contribution is 2.18. The molecule has 0 radical (unpaired) electrons. The van der Waals surface area contributed by atoms with Crippen molar-refractivity contribution in [3.8, 4) is 0 Å². The van der Waals surface area contributed by atoms with Gasteiger partial charge in [0.15, 0.2) is 0 Å². The number of halogens is 3. The third kappa shape index (κ3) is 3.11. The number of aliphatic hydroxyl groups is 1. The van der Waals surface area contributed by atoms with Crippen LogP contribution in [0.5, 0.6) is 0 Å². The molecule has 1 heterocycles. The number of likely N-dealkylation sites (tertiary alicyclic amines) is 1. The lowest BCUT2D eigenvalue weighted by Crippen LogP contribution is -2.52. The predicted octanol–water partition coefficient (Wildman–Crippen LogP) is -0.0149. The van der Waals surface area contributed by atoms with Crippen molar-refractivity contribution in [3.63, 3.8) is 0 Å². The van der Waals surface area contributed by atoms with Crippen molar-refractivity contribution in [3.05, 3.63) is 0 Å². The average Bonchev–Trinajstić information content (AvgIpc) is 2.11. The predicted molar refractivity (Wildman–Crippen MR) is 46.0 cm³/mol. The topological polar surface area (TPSA) is 49.5 Å². The van der Waals surface area contributed by atoms with Gasteiger partial charge >= 0.3 is 0 Å². The minimum Gasteiger partial charge on any atom is -0.390 e. The van der Waals surface area contributed by atoms with Crippen molar-refractivity contribution in [2.45, 2.75) is 24.6 Å². The zero-order chi connectivity index (χ0) is 10.8. The first kappa shape index (κ1) is 11.7. The van der Waals surface area contributed by atoms with Gasteiger partial charge in [-0.1, -0.05) is 0 Å². The van der Waals surface area contributed by atoms with Gasteiger partial charge in [-0.3, -0.25) is 4.90 Å². The lowest BCUT2D eigenvalue weighted by Gasteiger charge is -2.34. The van der Waals surface area contributed by atoms with Gasteiger partial charge in [0, 0.05) is 19.1 Å². The average molecular weight is 212 g/mol. The van der Waals surface area contributed by atoms with Crippen LogP contribution in [-0.2, 0) is 0 Å². The van der Waals surface area contributed by atoms with Crippen molar-refractivity contribution in [1.82, 2.24) is 4.90 Å². The van der Waals surface area contributed by atoms with Gasteiger partial charge in [-0.2, -0.15) is 0 Å². The second kappa shape index (κ2) is 4.46. The van der Waals surface area contributed by atoms with Crippen LogP contribution in [0.4, 0.5) is 13.2 Å². The van der Waals surface area contributed by atoms with Crippen LogP contribution in [0.15, 0.2) is 0 Å². The lowest BCUT2D eigenvalue weighted by atomic mass is 10.0. The summed E-state index contributed by atoms with van der Waals surface area (Å²) in [6, 6.07) is -0.547. The number of piperidine rings is 1. The van der Waals surface area contributed by atoms with Crippen molar-refractivity contribution in [2.24, 2.45) is 5.73 Å². The first-order valence-corrected chi connectivity index (χ1v) is 4.55. The summed E-state index contributed by atoms with van der Waals surface area (Å²) in [6.07, 6.45) is -0.874. The number of aliphatic hydroxyl groups excluding tert-OH is 1. The molecule has 0 bridgehead atoms. The molecule has 0 saturated carbocycles. The maximum atomic E-state index is 13.0. The highest BCUT2D eigenvalue weighted by atomic mass is 19.3. The molecule has 14 heavy (non-hydrogen) atoms. The molecule has 1 fully saturated rings. The Hall–Kier alpha value is -0.330. The quantitative estimate of drug-likeness (QED) is 0.691. The highest BCUT2D eigenvalue weighted by Gasteiger charge is 2.34. The van der Waals surface area contributed by atoms with Gasteiger partial charge in [0.05, 0.1) is 6.54 Å². The molecular formula is C8H15F3N2O. The number of nitrogens with zero attached hydrogens (tertiary/aromatic N) is 1. The van der Waals surface area contributed by atoms with Gasteiger partial charge in [-0.25, -0.2) is 13.2 Å². The van der Waals surface area contributed by atoms with E-state index in [9.17, 15) is 13.2 Å². The first-order valence-electron chi connectivity index (χ1n) is 4.55. The number of alkyl halides is 3. The molecule has 1 aliphatic heterocycles. The Morgan fingerprint density at radius 2 is 2.14 bits per heavy atom. The molecule has 1 rings (SSSR count). The molecule has 0 aliphatic carbocycles. The van der Waals surface area contributed by atoms with Crippen molar-refractivity contribution >= 4 is 0 Å². The van der Waals surface area contributed by atoms with Gasteiger partial charge in [-0.05, 0) is 6.42 Å². The Bertz CT molecular complexity index is 191. The molecule has 0 spiro atoms. The number of rotatable bonds is 3. The van der Waals surface area contributed by atoms with Crippen LogP contribution in [0, 0.1) is 0 Å². The van der Waals surface area contributed by atoms with E-state index in [1.54, 1.807) is 0 Å². The summed E-state index contributed by atoms with van der Waals surface area (Å²) in [4.78, 5) is 1.30. The van der Waals surface area contributed by atoms with Crippen LogP contribution in [0.2, 0.25) is 0 Å². The largest absolute Gasteiger partial charge is 0.390 e. The molecule has 3 nitrogen and oxygen atoms in total. The molecule has 2 unspecified atom stereocenters. The molecule has 0 aromatic rings. The van der Waals surface area contributed by atoms with Gasteiger partial charge in [-0.15, -0.1) is 0 Å². The lowest BCUT2D eigenvalue weighted by molar-refractivity contribution is -0.0802. The molecule has 3 N–H and O–H groups in total. The summed E-state index contributed by atoms with van der Waals surface area (Å²) in [6.45, 7) is -1.52. The molecular weight excluding hydrogens is 197 g/mol. The van der Waals surface area contributed by atoms with E-state index in [2.05, 4.69) is 0 Å². The maximum absolute atomic E-state index is 13.0. The molecule has 1 saturated heterocycles. The van der Waals surface area contributed by atoms with Crippen LogP contribution < -0.4 is 5.73 Å². The van der Waals surface area contributed by atoms with Crippen molar-refractivity contribution in [1.29, 1.82) is 0 Å². The van der Waals surface area contributed by atoms with Gasteiger partial charge in [0.2, 0.25) is 0 Å². The van der Waals surface area contributed by atoms with Crippen LogP contribution in [0.3, 0.4) is 0 Å². The van der Waals surface area contributed by atoms with E-state index in [0.29, 0.717) is 13.0 Å². The van der Waals surface area contributed by atoms with E-state index >= 15 is 0 Å². The van der Waals surface area contributed by atoms with E-state index < -0.39 is 31.3 Å². The fraction of sp³-hybridized carbons (Fsp3) is 1.00. The summed E-state index contributed by atoms with van der Waals surface area (Å²) in [7, 11) is 0. The maximum Gasteiger partial charge on any atom is 0.283 e. The molecule has 2 atom stereocenters. The van der Waals surface area contributed by atoms with E-state index in [1.807, 2.05) is 0 Å². The third-order valence-corrected chi connectivity index (χ3v) is 2.36. The Balaban J connectivity index is 2.40. The standard InChI is InChI=1S/C8H15F3N2O/c9-6-3-13(2-1-7(6)12)4-8(10,11)5-14/h6-7,14H,1-5,12H2. The summed E-state index contributed by atoms with van der Waals surface area (Å²) < 4.78 is 38.5. The van der Waals surface area contributed by atoms with Gasteiger partial charge in [0.1, 0.15) is 12.8 Å². The van der Waals surface area contributed by atoms with E-state index in [1.165, 1.54) is 4.90 Å². The Kier molecular flexibility index (Phi) is 3.74.